The fourth-order valence-electron chi connectivity index (χ4n) is 0.910. The molecule has 0 amide bonds. The molecule has 2 aromatic rings. The molecule has 1 heterocycles. The highest BCUT2D eigenvalue weighted by Crippen LogP contribution is 2.37. The van der Waals surface area contributed by atoms with Crippen LogP contribution in [0.15, 0.2) is 16.0 Å². The number of benzene rings is 1. The smallest absolute Gasteiger partial charge is 0.0970 e. The summed E-state index contributed by atoms with van der Waals surface area (Å²) in [5.74, 6) is 0. The predicted molar refractivity (Wildman–Crippen MR) is 57.3 cm³/mol. The molecule has 0 unspecified atom stereocenters. The molecule has 0 aliphatic heterocycles. The minimum atomic E-state index is 0.523. The first-order chi connectivity index (χ1) is 5.70. The van der Waals surface area contributed by atoms with E-state index in [1.807, 2.05) is 6.07 Å². The van der Waals surface area contributed by atoms with E-state index in [0.717, 1.165) is 14.7 Å². The van der Waals surface area contributed by atoms with Gasteiger partial charge in [-0.3, -0.25) is 0 Å². The van der Waals surface area contributed by atoms with E-state index < -0.39 is 0 Å². The van der Waals surface area contributed by atoms with Crippen LogP contribution >= 0.6 is 50.5 Å². The molecular weight excluding hydrogens is 281 g/mol. The summed E-state index contributed by atoms with van der Waals surface area (Å²) in [6.07, 6.45) is 0. The second-order valence-electron chi connectivity index (χ2n) is 2.19. The van der Waals surface area contributed by atoms with Gasteiger partial charge >= 0.3 is 0 Å². The maximum absolute atomic E-state index is 5.90. The molecular formula is C7H2BrCl2NS. The summed E-state index contributed by atoms with van der Waals surface area (Å²) >= 11 is 16.6. The van der Waals surface area contributed by atoms with Gasteiger partial charge in [0.05, 0.1) is 30.2 Å². The normalized spacial score (nSPS) is 10.9. The summed E-state index contributed by atoms with van der Waals surface area (Å²) in [5, 5.41) is 1.08. The quantitative estimate of drug-likeness (QED) is 0.654. The fourth-order valence-corrected chi connectivity index (χ4v) is 2.82. The zero-order valence-corrected chi connectivity index (χ0v) is 9.56. The van der Waals surface area contributed by atoms with Crippen molar-refractivity contribution < 1.29 is 0 Å². The van der Waals surface area contributed by atoms with Crippen LogP contribution in [0.25, 0.3) is 10.2 Å². The van der Waals surface area contributed by atoms with Crippen molar-refractivity contribution in [3.05, 3.63) is 26.1 Å². The molecule has 0 aliphatic rings. The molecule has 0 fully saturated rings. The van der Waals surface area contributed by atoms with Crippen LogP contribution in [0.4, 0.5) is 0 Å². The first-order valence-corrected chi connectivity index (χ1v) is 5.49. The Bertz CT molecular complexity index is 440. The van der Waals surface area contributed by atoms with Gasteiger partial charge in [0.2, 0.25) is 0 Å². The highest BCUT2D eigenvalue weighted by molar-refractivity contribution is 9.10. The summed E-state index contributed by atoms with van der Waals surface area (Å²) in [6, 6.07) is 1.82. The summed E-state index contributed by atoms with van der Waals surface area (Å²) in [5.41, 5.74) is 2.64. The molecule has 12 heavy (non-hydrogen) atoms. The van der Waals surface area contributed by atoms with Crippen LogP contribution in [0, 0.1) is 0 Å². The van der Waals surface area contributed by atoms with Crippen molar-refractivity contribution in [1.29, 1.82) is 0 Å². The van der Waals surface area contributed by atoms with Crippen molar-refractivity contribution in [1.82, 2.24) is 4.98 Å². The van der Waals surface area contributed by atoms with Crippen molar-refractivity contribution in [2.45, 2.75) is 0 Å². The minimum absolute atomic E-state index is 0.523. The third-order valence-corrected chi connectivity index (χ3v) is 4.03. The molecule has 2 rings (SSSR count). The zero-order chi connectivity index (χ0) is 8.72. The van der Waals surface area contributed by atoms with E-state index >= 15 is 0 Å². The molecule has 0 bridgehead atoms. The fraction of sp³-hybridized carbons (Fsp3) is 0. The van der Waals surface area contributed by atoms with E-state index in [0.29, 0.717) is 10.0 Å². The number of hydrogen-bond donors (Lipinski definition) is 0. The summed E-state index contributed by atoms with van der Waals surface area (Å²) in [7, 11) is 0. The number of hydrogen-bond acceptors (Lipinski definition) is 2. The Morgan fingerprint density at radius 1 is 1.42 bits per heavy atom. The van der Waals surface area contributed by atoms with Crippen molar-refractivity contribution in [3.63, 3.8) is 0 Å². The Balaban J connectivity index is 2.94. The molecule has 1 aromatic carbocycles. The Morgan fingerprint density at radius 3 is 2.92 bits per heavy atom. The highest BCUT2D eigenvalue weighted by atomic mass is 79.9. The van der Waals surface area contributed by atoms with Crippen LogP contribution in [0.3, 0.4) is 0 Å². The molecule has 1 nitrogen and oxygen atoms in total. The Labute approximate surface area is 91.4 Å². The van der Waals surface area contributed by atoms with E-state index in [4.69, 9.17) is 23.2 Å². The van der Waals surface area contributed by atoms with Crippen LogP contribution in [-0.2, 0) is 0 Å². The van der Waals surface area contributed by atoms with Gasteiger partial charge in [-0.25, -0.2) is 4.98 Å². The number of aromatic nitrogens is 1. The highest BCUT2D eigenvalue weighted by Gasteiger charge is 2.09. The Hall–Kier alpha value is 0.170. The van der Waals surface area contributed by atoms with Crippen molar-refractivity contribution in [2.24, 2.45) is 0 Å². The lowest BCUT2D eigenvalue weighted by Gasteiger charge is -1.98. The summed E-state index contributed by atoms with van der Waals surface area (Å²) in [6.45, 7) is 0. The van der Waals surface area contributed by atoms with E-state index in [2.05, 4.69) is 20.9 Å². The number of halogens is 3. The molecule has 0 saturated carbocycles. The predicted octanol–water partition coefficient (Wildman–Crippen LogP) is 4.37. The molecule has 0 saturated heterocycles. The maximum Gasteiger partial charge on any atom is 0.0970 e. The number of thiazole rings is 1. The largest absolute Gasteiger partial charge is 0.243 e. The molecule has 62 valence electrons. The van der Waals surface area contributed by atoms with Gasteiger partial charge in [0.1, 0.15) is 0 Å². The standard InChI is InChI=1S/C7H2BrCl2NS/c8-5-6(10)3(9)1-4-7(5)11-2-12-4/h1-2H. The van der Waals surface area contributed by atoms with E-state index in [1.54, 1.807) is 16.8 Å². The van der Waals surface area contributed by atoms with Crippen LogP contribution in [0.1, 0.15) is 0 Å². The average Bonchev–Trinajstić information content (AvgIpc) is 2.48. The Kier molecular flexibility index (Phi) is 2.29. The van der Waals surface area contributed by atoms with Crippen LogP contribution < -0.4 is 0 Å². The van der Waals surface area contributed by atoms with Gasteiger partial charge in [-0.05, 0) is 22.0 Å². The van der Waals surface area contributed by atoms with E-state index in [1.165, 1.54) is 0 Å². The van der Waals surface area contributed by atoms with Gasteiger partial charge in [0, 0.05) is 0 Å². The monoisotopic (exact) mass is 281 g/mol. The topological polar surface area (TPSA) is 12.9 Å². The third kappa shape index (κ3) is 1.25. The number of rotatable bonds is 0. The van der Waals surface area contributed by atoms with Crippen LogP contribution in [-0.4, -0.2) is 4.98 Å². The summed E-state index contributed by atoms with van der Waals surface area (Å²) < 4.78 is 1.81. The molecule has 0 aliphatic carbocycles. The van der Waals surface area contributed by atoms with Gasteiger partial charge in [-0.15, -0.1) is 11.3 Å². The molecule has 0 N–H and O–H groups in total. The molecule has 1 aromatic heterocycles. The second-order valence-corrected chi connectivity index (χ2v) is 4.65. The van der Waals surface area contributed by atoms with Crippen molar-refractivity contribution in [2.75, 3.05) is 0 Å². The first-order valence-electron chi connectivity index (χ1n) is 3.07. The molecule has 5 heteroatoms. The van der Waals surface area contributed by atoms with Crippen molar-refractivity contribution >= 4 is 60.7 Å². The third-order valence-electron chi connectivity index (χ3n) is 1.46. The van der Waals surface area contributed by atoms with Gasteiger partial charge in [0.15, 0.2) is 0 Å². The van der Waals surface area contributed by atoms with E-state index in [9.17, 15) is 0 Å². The second kappa shape index (κ2) is 3.14. The first kappa shape index (κ1) is 8.75. The molecule has 0 spiro atoms. The van der Waals surface area contributed by atoms with Gasteiger partial charge < -0.3 is 0 Å². The molecule has 0 atom stereocenters. The number of fused-ring (bicyclic) bond motifs is 1. The maximum atomic E-state index is 5.90. The zero-order valence-electron chi connectivity index (χ0n) is 5.64. The van der Waals surface area contributed by atoms with Crippen LogP contribution in [0.2, 0.25) is 10.0 Å². The minimum Gasteiger partial charge on any atom is -0.243 e. The lowest BCUT2D eigenvalue weighted by molar-refractivity contribution is 1.48. The van der Waals surface area contributed by atoms with Crippen molar-refractivity contribution in [3.8, 4) is 0 Å². The lowest BCUT2D eigenvalue weighted by Crippen LogP contribution is -1.74. The lowest BCUT2D eigenvalue weighted by atomic mass is 10.3. The van der Waals surface area contributed by atoms with E-state index in [-0.39, 0.29) is 0 Å². The van der Waals surface area contributed by atoms with Gasteiger partial charge in [-0.2, -0.15) is 0 Å². The Morgan fingerprint density at radius 2 is 2.17 bits per heavy atom. The van der Waals surface area contributed by atoms with Crippen LogP contribution in [0.5, 0.6) is 0 Å². The molecule has 0 radical (unpaired) electrons. The average molecular weight is 283 g/mol. The summed E-state index contributed by atoms with van der Waals surface area (Å²) in [4.78, 5) is 4.15. The van der Waals surface area contributed by atoms with Gasteiger partial charge in [-0.1, -0.05) is 23.2 Å². The van der Waals surface area contributed by atoms with Gasteiger partial charge in [0.25, 0.3) is 0 Å². The number of nitrogens with zero attached hydrogens (tertiary/aromatic N) is 1. The SMILES string of the molecule is Clc1cc2scnc2c(Br)c1Cl.